The third-order valence-corrected chi connectivity index (χ3v) is 4.84. The molecule has 0 saturated carbocycles. The van der Waals surface area contributed by atoms with Gasteiger partial charge in [0, 0.05) is 18.7 Å². The number of fused-ring (bicyclic) bond motifs is 2. The van der Waals surface area contributed by atoms with Crippen LogP contribution in [0.1, 0.15) is 24.1 Å². The van der Waals surface area contributed by atoms with Crippen molar-refractivity contribution in [3.63, 3.8) is 0 Å². The highest BCUT2D eigenvalue weighted by Crippen LogP contribution is 2.32. The Bertz CT molecular complexity index is 824. The van der Waals surface area contributed by atoms with Gasteiger partial charge in [0.15, 0.2) is 11.5 Å². The van der Waals surface area contributed by atoms with Crippen LogP contribution in [0.2, 0.25) is 0 Å². The van der Waals surface area contributed by atoms with Crippen LogP contribution in [0.3, 0.4) is 0 Å². The number of carbonyl (C=O) groups is 1. The van der Waals surface area contributed by atoms with Gasteiger partial charge in [0.25, 0.3) is 0 Å². The second-order valence-corrected chi connectivity index (χ2v) is 6.86. The molecular weight excluding hydrogens is 344 g/mol. The number of para-hydroxylation sites is 1. The molecule has 2 aromatic rings. The molecule has 0 unspecified atom stereocenters. The minimum absolute atomic E-state index is 0.00299. The zero-order valence-corrected chi connectivity index (χ0v) is 15.4. The molecule has 1 N–H and O–H groups in total. The van der Waals surface area contributed by atoms with Gasteiger partial charge in [-0.05, 0) is 30.7 Å². The fourth-order valence-corrected chi connectivity index (χ4v) is 3.42. The second-order valence-electron chi connectivity index (χ2n) is 6.86. The third-order valence-electron chi connectivity index (χ3n) is 4.84. The molecule has 2 aliphatic rings. The van der Waals surface area contributed by atoms with E-state index in [9.17, 15) is 4.79 Å². The third kappa shape index (κ3) is 4.17. The first-order valence-electron chi connectivity index (χ1n) is 9.31. The summed E-state index contributed by atoms with van der Waals surface area (Å²) in [7, 11) is 0. The highest BCUT2D eigenvalue weighted by molar-refractivity contribution is 5.78. The Labute approximate surface area is 159 Å². The summed E-state index contributed by atoms with van der Waals surface area (Å²) in [4.78, 5) is 14.7. The first-order valence-corrected chi connectivity index (χ1v) is 9.31. The number of hydrogen-bond acceptors (Lipinski definition) is 5. The minimum atomic E-state index is -0.108. The standard InChI is InChI=1S/C21H24N2O4/c1-15(16-6-7-19-20(12-16)27-11-10-26-19)22-21(24)14-23-8-9-25-18-5-3-2-4-17(18)13-23/h2-7,12,15H,8-11,13-14H2,1H3,(H,22,24)/t15-/m1/s1. The summed E-state index contributed by atoms with van der Waals surface area (Å²) in [6.07, 6.45) is 0. The van der Waals surface area contributed by atoms with E-state index in [0.29, 0.717) is 32.9 Å². The molecule has 142 valence electrons. The maximum Gasteiger partial charge on any atom is 0.234 e. The summed E-state index contributed by atoms with van der Waals surface area (Å²) in [6.45, 7) is 5.46. The predicted molar refractivity (Wildman–Crippen MR) is 101 cm³/mol. The smallest absolute Gasteiger partial charge is 0.234 e. The molecule has 2 aliphatic heterocycles. The first-order chi connectivity index (χ1) is 13.2. The van der Waals surface area contributed by atoms with Crippen LogP contribution in [0.5, 0.6) is 17.2 Å². The molecule has 2 aromatic carbocycles. The molecule has 0 spiro atoms. The lowest BCUT2D eigenvalue weighted by atomic mass is 10.1. The lowest BCUT2D eigenvalue weighted by Gasteiger charge is -2.23. The Morgan fingerprint density at radius 1 is 1.04 bits per heavy atom. The van der Waals surface area contributed by atoms with Crippen molar-refractivity contribution in [1.82, 2.24) is 10.2 Å². The van der Waals surface area contributed by atoms with Gasteiger partial charge in [-0.1, -0.05) is 24.3 Å². The van der Waals surface area contributed by atoms with Gasteiger partial charge in [0.1, 0.15) is 25.6 Å². The van der Waals surface area contributed by atoms with E-state index in [4.69, 9.17) is 14.2 Å². The molecule has 0 bridgehead atoms. The molecule has 0 aliphatic carbocycles. The lowest BCUT2D eigenvalue weighted by Crippen LogP contribution is -2.38. The lowest BCUT2D eigenvalue weighted by molar-refractivity contribution is -0.123. The Kier molecular flexibility index (Phi) is 5.16. The van der Waals surface area contributed by atoms with Gasteiger partial charge in [-0.2, -0.15) is 0 Å². The predicted octanol–water partition coefficient (Wildman–Crippen LogP) is 2.53. The van der Waals surface area contributed by atoms with E-state index >= 15 is 0 Å². The largest absolute Gasteiger partial charge is 0.492 e. The Balaban J connectivity index is 1.36. The first kappa shape index (κ1) is 17.7. The zero-order valence-electron chi connectivity index (χ0n) is 15.4. The Morgan fingerprint density at radius 2 is 1.81 bits per heavy atom. The number of carbonyl (C=O) groups excluding carboxylic acids is 1. The number of benzene rings is 2. The Morgan fingerprint density at radius 3 is 2.70 bits per heavy atom. The van der Waals surface area contributed by atoms with Crippen molar-refractivity contribution in [2.45, 2.75) is 19.5 Å². The van der Waals surface area contributed by atoms with Crippen LogP contribution in [0.4, 0.5) is 0 Å². The van der Waals surface area contributed by atoms with E-state index in [1.54, 1.807) is 0 Å². The van der Waals surface area contributed by atoms with Gasteiger partial charge in [0.05, 0.1) is 12.6 Å². The molecule has 1 amide bonds. The molecule has 2 heterocycles. The van der Waals surface area contributed by atoms with E-state index in [-0.39, 0.29) is 11.9 Å². The summed E-state index contributed by atoms with van der Waals surface area (Å²) in [5.74, 6) is 2.40. The highest BCUT2D eigenvalue weighted by atomic mass is 16.6. The van der Waals surface area contributed by atoms with E-state index in [1.165, 1.54) is 0 Å². The van der Waals surface area contributed by atoms with E-state index in [2.05, 4.69) is 10.2 Å². The zero-order chi connectivity index (χ0) is 18.6. The van der Waals surface area contributed by atoms with Crippen molar-refractivity contribution in [3.05, 3.63) is 53.6 Å². The second kappa shape index (κ2) is 7.88. The van der Waals surface area contributed by atoms with Gasteiger partial charge in [-0.3, -0.25) is 9.69 Å². The molecule has 0 fully saturated rings. The summed E-state index contributed by atoms with van der Waals surface area (Å²) in [6, 6.07) is 13.7. The van der Waals surface area contributed by atoms with Crippen molar-refractivity contribution in [3.8, 4) is 17.2 Å². The SMILES string of the molecule is C[C@@H](NC(=O)CN1CCOc2ccccc2C1)c1ccc2c(c1)OCCO2. The number of hydrogen-bond donors (Lipinski definition) is 1. The highest BCUT2D eigenvalue weighted by Gasteiger charge is 2.19. The maximum absolute atomic E-state index is 12.6. The monoisotopic (exact) mass is 368 g/mol. The topological polar surface area (TPSA) is 60.0 Å². The molecule has 0 radical (unpaired) electrons. The van der Waals surface area contributed by atoms with Gasteiger partial charge < -0.3 is 19.5 Å². The van der Waals surface area contributed by atoms with Crippen molar-refractivity contribution in [2.24, 2.45) is 0 Å². The minimum Gasteiger partial charge on any atom is -0.492 e. The van der Waals surface area contributed by atoms with Crippen molar-refractivity contribution in [1.29, 1.82) is 0 Å². The molecule has 6 nitrogen and oxygen atoms in total. The molecule has 0 saturated heterocycles. The normalized spacial score (nSPS) is 17.2. The number of ether oxygens (including phenoxy) is 3. The van der Waals surface area contributed by atoms with Gasteiger partial charge >= 0.3 is 0 Å². The number of amides is 1. The van der Waals surface area contributed by atoms with E-state index in [0.717, 1.165) is 34.9 Å². The maximum atomic E-state index is 12.6. The molecule has 0 aromatic heterocycles. The fourth-order valence-electron chi connectivity index (χ4n) is 3.42. The number of nitrogens with one attached hydrogen (secondary N) is 1. The van der Waals surface area contributed by atoms with Crippen LogP contribution in [-0.4, -0.2) is 43.7 Å². The number of rotatable bonds is 4. The van der Waals surface area contributed by atoms with Gasteiger partial charge in [0.2, 0.25) is 5.91 Å². The quantitative estimate of drug-likeness (QED) is 0.899. The summed E-state index contributed by atoms with van der Waals surface area (Å²) in [5, 5.41) is 3.08. The van der Waals surface area contributed by atoms with Crippen LogP contribution in [0, 0.1) is 0 Å². The average Bonchev–Trinajstić information content (AvgIpc) is 2.89. The Hall–Kier alpha value is -2.73. The molecule has 6 heteroatoms. The van der Waals surface area contributed by atoms with Gasteiger partial charge in [-0.15, -0.1) is 0 Å². The van der Waals surface area contributed by atoms with Crippen LogP contribution in [0.15, 0.2) is 42.5 Å². The van der Waals surface area contributed by atoms with Crippen LogP contribution in [-0.2, 0) is 11.3 Å². The summed E-state index contributed by atoms with van der Waals surface area (Å²) in [5.41, 5.74) is 2.11. The molecule has 4 rings (SSSR count). The average molecular weight is 368 g/mol. The van der Waals surface area contributed by atoms with Gasteiger partial charge in [-0.25, -0.2) is 0 Å². The molecule has 1 atom stereocenters. The number of nitrogens with zero attached hydrogens (tertiary/aromatic N) is 1. The van der Waals surface area contributed by atoms with Crippen molar-refractivity contribution < 1.29 is 19.0 Å². The molecule has 27 heavy (non-hydrogen) atoms. The van der Waals surface area contributed by atoms with Crippen molar-refractivity contribution >= 4 is 5.91 Å². The van der Waals surface area contributed by atoms with E-state index in [1.807, 2.05) is 49.4 Å². The van der Waals surface area contributed by atoms with Crippen LogP contribution in [0.25, 0.3) is 0 Å². The molecular formula is C21H24N2O4. The summed E-state index contributed by atoms with van der Waals surface area (Å²) < 4.78 is 16.9. The summed E-state index contributed by atoms with van der Waals surface area (Å²) >= 11 is 0. The van der Waals surface area contributed by atoms with Crippen molar-refractivity contribution in [2.75, 3.05) is 32.9 Å². The van der Waals surface area contributed by atoms with E-state index < -0.39 is 0 Å². The fraction of sp³-hybridized carbons (Fsp3) is 0.381. The van der Waals surface area contributed by atoms with Crippen LogP contribution < -0.4 is 19.5 Å². The van der Waals surface area contributed by atoms with Crippen LogP contribution >= 0.6 is 0 Å².